The van der Waals surface area contributed by atoms with Gasteiger partial charge in [-0.1, -0.05) is 24.3 Å². The smallest absolute Gasteiger partial charge is 0.243 e. The van der Waals surface area contributed by atoms with E-state index in [0.717, 1.165) is 23.3 Å². The molecule has 0 aromatic heterocycles. The van der Waals surface area contributed by atoms with Crippen LogP contribution in [0.15, 0.2) is 47.4 Å². The summed E-state index contributed by atoms with van der Waals surface area (Å²) in [6, 6.07) is 10.3. The van der Waals surface area contributed by atoms with Crippen molar-refractivity contribution in [2.24, 2.45) is 0 Å². The van der Waals surface area contributed by atoms with Gasteiger partial charge in [0.2, 0.25) is 10.0 Å². The molecule has 0 aliphatic heterocycles. The average Bonchev–Trinajstić information content (AvgIpc) is 2.41. The Labute approximate surface area is 123 Å². The highest BCUT2D eigenvalue weighted by atomic mass is 32.2. The van der Waals surface area contributed by atoms with Crippen molar-refractivity contribution in [1.29, 1.82) is 0 Å². The third-order valence-corrected chi connectivity index (χ3v) is 4.85. The van der Waals surface area contributed by atoms with Crippen LogP contribution in [0.4, 0.5) is 10.1 Å². The molecule has 0 heterocycles. The third kappa shape index (κ3) is 3.40. The summed E-state index contributed by atoms with van der Waals surface area (Å²) in [6.45, 7) is 3.63. The van der Waals surface area contributed by atoms with E-state index >= 15 is 0 Å². The molecule has 3 N–H and O–H groups in total. The summed E-state index contributed by atoms with van der Waals surface area (Å²) in [5.74, 6) is -0.645. The van der Waals surface area contributed by atoms with Crippen LogP contribution in [0.2, 0.25) is 0 Å². The van der Waals surface area contributed by atoms with Gasteiger partial charge < -0.3 is 5.73 Å². The van der Waals surface area contributed by atoms with E-state index in [1.165, 1.54) is 6.07 Å². The van der Waals surface area contributed by atoms with Crippen LogP contribution in [-0.2, 0) is 10.0 Å². The number of nitrogens with one attached hydrogen (secondary N) is 1. The molecule has 1 unspecified atom stereocenters. The number of sulfonamides is 1. The number of aryl methyl sites for hydroxylation is 1. The molecule has 1 atom stereocenters. The highest BCUT2D eigenvalue weighted by Gasteiger charge is 2.22. The fourth-order valence-corrected chi connectivity index (χ4v) is 3.54. The predicted octanol–water partition coefficient (Wildman–Crippen LogP) is 2.76. The number of halogens is 1. The van der Waals surface area contributed by atoms with Gasteiger partial charge in [0.1, 0.15) is 10.7 Å². The van der Waals surface area contributed by atoms with E-state index < -0.39 is 21.9 Å². The molecule has 0 amide bonds. The average molecular weight is 308 g/mol. The fourth-order valence-electron chi connectivity index (χ4n) is 2.17. The lowest BCUT2D eigenvalue weighted by atomic mass is 10.0. The lowest BCUT2D eigenvalue weighted by Crippen LogP contribution is -2.28. The fraction of sp³-hybridized carbons (Fsp3) is 0.200. The predicted molar refractivity (Wildman–Crippen MR) is 80.7 cm³/mol. The largest absolute Gasteiger partial charge is 0.398 e. The number of nitrogen functional groups attached to an aromatic ring is 1. The first-order valence-electron chi connectivity index (χ1n) is 6.44. The molecular formula is C15H17FN2O2S. The first-order valence-corrected chi connectivity index (χ1v) is 7.92. The first-order chi connectivity index (χ1) is 9.81. The highest BCUT2D eigenvalue weighted by Crippen LogP contribution is 2.23. The lowest BCUT2D eigenvalue weighted by molar-refractivity contribution is 0.564. The van der Waals surface area contributed by atoms with Gasteiger partial charge in [-0.3, -0.25) is 0 Å². The summed E-state index contributed by atoms with van der Waals surface area (Å²) in [7, 11) is -3.89. The normalized spacial score (nSPS) is 13.1. The second-order valence-corrected chi connectivity index (χ2v) is 6.56. The van der Waals surface area contributed by atoms with Crippen LogP contribution in [0.3, 0.4) is 0 Å². The van der Waals surface area contributed by atoms with Crippen molar-refractivity contribution < 1.29 is 12.8 Å². The molecule has 0 spiro atoms. The van der Waals surface area contributed by atoms with Gasteiger partial charge in [0.05, 0.1) is 5.69 Å². The maximum Gasteiger partial charge on any atom is 0.243 e. The molecule has 0 bridgehead atoms. The molecule has 2 rings (SSSR count). The Hall–Kier alpha value is -1.92. The van der Waals surface area contributed by atoms with Crippen molar-refractivity contribution in [1.82, 2.24) is 4.72 Å². The molecule has 0 radical (unpaired) electrons. The summed E-state index contributed by atoms with van der Waals surface area (Å²) in [6.07, 6.45) is 0. The quantitative estimate of drug-likeness (QED) is 0.853. The molecule has 0 saturated carbocycles. The molecular weight excluding hydrogens is 291 g/mol. The monoisotopic (exact) mass is 308 g/mol. The zero-order chi connectivity index (χ0) is 15.6. The van der Waals surface area contributed by atoms with Crippen LogP contribution in [-0.4, -0.2) is 8.42 Å². The summed E-state index contributed by atoms with van der Waals surface area (Å²) in [4.78, 5) is -0.247. The highest BCUT2D eigenvalue weighted by molar-refractivity contribution is 7.89. The molecule has 21 heavy (non-hydrogen) atoms. The molecule has 112 valence electrons. The summed E-state index contributed by atoms with van der Waals surface area (Å²) >= 11 is 0. The topological polar surface area (TPSA) is 72.2 Å². The molecule has 4 nitrogen and oxygen atoms in total. The minimum atomic E-state index is -3.89. The van der Waals surface area contributed by atoms with Crippen LogP contribution in [0.5, 0.6) is 0 Å². The van der Waals surface area contributed by atoms with Crippen molar-refractivity contribution in [3.63, 3.8) is 0 Å². The minimum absolute atomic E-state index is 0.0147. The van der Waals surface area contributed by atoms with Gasteiger partial charge in [0.15, 0.2) is 0 Å². The van der Waals surface area contributed by atoms with Crippen molar-refractivity contribution >= 4 is 15.7 Å². The lowest BCUT2D eigenvalue weighted by Gasteiger charge is -2.17. The minimum Gasteiger partial charge on any atom is -0.398 e. The Bertz CT molecular complexity index is 760. The number of hydrogen-bond acceptors (Lipinski definition) is 3. The SMILES string of the molecule is Cc1ccccc1C(C)NS(=O)(=O)c1cc(F)ccc1N. The van der Waals surface area contributed by atoms with Crippen LogP contribution in [0.25, 0.3) is 0 Å². The number of hydrogen-bond donors (Lipinski definition) is 2. The van der Waals surface area contributed by atoms with Crippen molar-refractivity contribution in [2.45, 2.75) is 24.8 Å². The molecule has 6 heteroatoms. The molecule has 2 aromatic rings. The maximum absolute atomic E-state index is 13.3. The number of anilines is 1. The molecule has 0 saturated heterocycles. The Kier molecular flexibility index (Phi) is 4.29. The van der Waals surface area contributed by atoms with E-state index in [2.05, 4.69) is 4.72 Å². The van der Waals surface area contributed by atoms with Gasteiger partial charge in [0, 0.05) is 6.04 Å². The zero-order valence-electron chi connectivity index (χ0n) is 11.8. The van der Waals surface area contributed by atoms with Gasteiger partial charge in [-0.25, -0.2) is 17.5 Å². The van der Waals surface area contributed by atoms with Crippen LogP contribution >= 0.6 is 0 Å². The van der Waals surface area contributed by atoms with Crippen molar-refractivity contribution in [3.05, 3.63) is 59.4 Å². The van der Waals surface area contributed by atoms with Gasteiger partial charge in [0.25, 0.3) is 0 Å². The van der Waals surface area contributed by atoms with Crippen molar-refractivity contribution in [2.75, 3.05) is 5.73 Å². The van der Waals surface area contributed by atoms with Gasteiger partial charge >= 0.3 is 0 Å². The van der Waals surface area contributed by atoms with E-state index in [9.17, 15) is 12.8 Å². The third-order valence-electron chi connectivity index (χ3n) is 3.25. The maximum atomic E-state index is 13.3. The van der Waals surface area contributed by atoms with Crippen LogP contribution < -0.4 is 10.5 Å². The molecule has 0 aliphatic rings. The van der Waals surface area contributed by atoms with Gasteiger partial charge in [-0.2, -0.15) is 0 Å². The Morgan fingerprint density at radius 1 is 1.19 bits per heavy atom. The van der Waals surface area contributed by atoms with E-state index in [1.54, 1.807) is 6.92 Å². The molecule has 2 aromatic carbocycles. The van der Waals surface area contributed by atoms with Crippen LogP contribution in [0.1, 0.15) is 24.1 Å². The Morgan fingerprint density at radius 3 is 2.52 bits per heavy atom. The van der Waals surface area contributed by atoms with Gasteiger partial charge in [-0.05, 0) is 43.2 Å². The van der Waals surface area contributed by atoms with E-state index in [1.807, 2.05) is 31.2 Å². The Morgan fingerprint density at radius 2 is 1.86 bits per heavy atom. The van der Waals surface area contributed by atoms with E-state index in [0.29, 0.717) is 0 Å². The van der Waals surface area contributed by atoms with Gasteiger partial charge in [-0.15, -0.1) is 0 Å². The Balaban J connectivity index is 2.34. The summed E-state index contributed by atoms with van der Waals surface area (Å²) in [5, 5.41) is 0. The van der Waals surface area contributed by atoms with E-state index in [-0.39, 0.29) is 10.6 Å². The molecule has 0 aliphatic carbocycles. The first kappa shape index (κ1) is 15.5. The number of benzene rings is 2. The summed E-state index contributed by atoms with van der Waals surface area (Å²) < 4.78 is 40.5. The second-order valence-electron chi connectivity index (χ2n) is 4.88. The van der Waals surface area contributed by atoms with E-state index in [4.69, 9.17) is 5.73 Å². The number of rotatable bonds is 4. The number of nitrogens with two attached hydrogens (primary N) is 1. The van der Waals surface area contributed by atoms with Crippen LogP contribution in [0, 0.1) is 12.7 Å². The molecule has 0 fully saturated rings. The van der Waals surface area contributed by atoms with Crippen molar-refractivity contribution in [3.8, 4) is 0 Å². The standard InChI is InChI=1S/C15H17FN2O2S/c1-10-5-3-4-6-13(10)11(2)18-21(19,20)15-9-12(16)7-8-14(15)17/h3-9,11,18H,17H2,1-2H3. The second kappa shape index (κ2) is 5.83. The summed E-state index contributed by atoms with van der Waals surface area (Å²) in [5.41, 5.74) is 7.48. The zero-order valence-corrected chi connectivity index (χ0v) is 12.6.